The largest absolute Gasteiger partial charge is 0.325 e. The Hall–Kier alpha value is -3.19. The molecule has 0 bridgehead atoms. The second kappa shape index (κ2) is 7.09. The molecular weight excluding hydrogens is 374 g/mol. The van der Waals surface area contributed by atoms with Crippen molar-refractivity contribution in [2.45, 2.75) is 19.0 Å². The molecule has 0 spiro atoms. The van der Waals surface area contributed by atoms with E-state index in [9.17, 15) is 14.4 Å². The minimum absolute atomic E-state index is 0.0954. The molecule has 1 aromatic heterocycles. The monoisotopic (exact) mass is 393 g/mol. The third-order valence-electron chi connectivity index (χ3n) is 5.04. The molecule has 1 saturated heterocycles. The predicted octanol–water partition coefficient (Wildman–Crippen LogP) is 2.71. The number of urea groups is 1. The van der Waals surface area contributed by atoms with Gasteiger partial charge in [-0.3, -0.25) is 14.5 Å². The van der Waals surface area contributed by atoms with Crippen molar-refractivity contribution in [2.24, 2.45) is 0 Å². The first-order valence-corrected chi connectivity index (χ1v) is 9.82. The normalized spacial score (nSPS) is 15.7. The summed E-state index contributed by atoms with van der Waals surface area (Å²) in [7, 11) is 0. The van der Waals surface area contributed by atoms with Crippen LogP contribution in [0.25, 0.3) is 0 Å². The Labute approximate surface area is 166 Å². The van der Waals surface area contributed by atoms with Gasteiger partial charge in [0.25, 0.3) is 5.91 Å². The van der Waals surface area contributed by atoms with Crippen LogP contribution in [0.5, 0.6) is 0 Å². The fraction of sp³-hybridized carbons (Fsp3) is 0.190. The molecule has 7 heteroatoms. The first kappa shape index (κ1) is 18.2. The minimum Gasteiger partial charge on any atom is -0.315 e. The van der Waals surface area contributed by atoms with Crippen molar-refractivity contribution >= 4 is 23.3 Å². The van der Waals surface area contributed by atoms with Crippen LogP contribution < -0.4 is 10.2 Å². The number of carbonyl (C=O) groups excluding carboxylic acids is 2. The van der Waals surface area contributed by atoms with E-state index in [-0.39, 0.29) is 23.9 Å². The molecule has 3 aromatic rings. The zero-order chi connectivity index (χ0) is 19.7. The van der Waals surface area contributed by atoms with Crippen LogP contribution in [-0.4, -0.2) is 28.0 Å². The second-order valence-corrected chi connectivity index (χ2v) is 7.48. The van der Waals surface area contributed by atoms with Gasteiger partial charge in [0, 0.05) is 24.2 Å². The summed E-state index contributed by atoms with van der Waals surface area (Å²) in [6.45, 7) is 2.23. The smallest absolute Gasteiger partial charge is 0.315 e. The molecular formula is C21H19N3O3S. The number of thiazole rings is 1. The van der Waals surface area contributed by atoms with Crippen LogP contribution in [0.4, 0.5) is 4.79 Å². The van der Waals surface area contributed by atoms with E-state index in [1.54, 1.807) is 9.95 Å². The summed E-state index contributed by atoms with van der Waals surface area (Å²) < 4.78 is 1.58. The molecule has 0 saturated carbocycles. The van der Waals surface area contributed by atoms with E-state index in [0.29, 0.717) is 11.1 Å². The first-order valence-electron chi connectivity index (χ1n) is 8.94. The maximum absolute atomic E-state index is 13.5. The number of imide groups is 1. The lowest BCUT2D eigenvalue weighted by Gasteiger charge is -2.28. The van der Waals surface area contributed by atoms with Gasteiger partial charge in [-0.2, -0.15) is 0 Å². The Bertz CT molecular complexity index is 1030. The van der Waals surface area contributed by atoms with E-state index in [1.165, 1.54) is 4.90 Å². The van der Waals surface area contributed by atoms with Gasteiger partial charge in [-0.15, -0.1) is 0 Å². The van der Waals surface area contributed by atoms with E-state index in [2.05, 4.69) is 5.32 Å². The van der Waals surface area contributed by atoms with Crippen LogP contribution in [0.15, 0.2) is 70.8 Å². The molecule has 28 heavy (non-hydrogen) atoms. The Kier molecular flexibility index (Phi) is 4.60. The summed E-state index contributed by atoms with van der Waals surface area (Å²) >= 11 is 1.11. The van der Waals surface area contributed by atoms with Crippen molar-refractivity contribution in [2.75, 3.05) is 6.54 Å². The van der Waals surface area contributed by atoms with Gasteiger partial charge >= 0.3 is 10.9 Å². The number of hydrogen-bond donors (Lipinski definition) is 1. The van der Waals surface area contributed by atoms with E-state index < -0.39 is 11.6 Å². The van der Waals surface area contributed by atoms with Gasteiger partial charge in [0.05, 0.1) is 0 Å². The Morgan fingerprint density at radius 3 is 1.96 bits per heavy atom. The highest BCUT2D eigenvalue weighted by molar-refractivity contribution is 7.07. The van der Waals surface area contributed by atoms with Crippen LogP contribution in [0.1, 0.15) is 16.8 Å². The van der Waals surface area contributed by atoms with Crippen molar-refractivity contribution in [1.29, 1.82) is 0 Å². The molecule has 3 amide bonds. The van der Waals surface area contributed by atoms with Crippen LogP contribution in [-0.2, 0) is 16.9 Å². The molecule has 142 valence electrons. The lowest BCUT2D eigenvalue weighted by Crippen LogP contribution is -2.45. The molecule has 2 heterocycles. The predicted molar refractivity (Wildman–Crippen MR) is 107 cm³/mol. The van der Waals surface area contributed by atoms with Gasteiger partial charge < -0.3 is 9.88 Å². The molecule has 1 N–H and O–H groups in total. The summed E-state index contributed by atoms with van der Waals surface area (Å²) in [5.41, 5.74) is 0.949. The Balaban J connectivity index is 1.72. The quantitative estimate of drug-likeness (QED) is 0.678. The highest BCUT2D eigenvalue weighted by Crippen LogP contribution is 2.35. The van der Waals surface area contributed by atoms with Gasteiger partial charge in [-0.05, 0) is 18.1 Å². The average Bonchev–Trinajstić information content (AvgIpc) is 3.18. The molecule has 0 radical (unpaired) electrons. The number of amides is 3. The molecule has 0 aliphatic carbocycles. The molecule has 4 rings (SSSR count). The lowest BCUT2D eigenvalue weighted by molar-refractivity contribution is -0.130. The fourth-order valence-electron chi connectivity index (χ4n) is 3.59. The molecule has 1 aliphatic rings. The van der Waals surface area contributed by atoms with Crippen molar-refractivity contribution in [3.05, 3.63) is 92.5 Å². The Morgan fingerprint density at radius 1 is 0.893 bits per heavy atom. The van der Waals surface area contributed by atoms with E-state index >= 15 is 0 Å². The highest BCUT2D eigenvalue weighted by atomic mass is 32.1. The summed E-state index contributed by atoms with van der Waals surface area (Å²) in [5.74, 6) is -0.337. The van der Waals surface area contributed by atoms with Crippen LogP contribution in [0.2, 0.25) is 0 Å². The zero-order valence-corrected chi connectivity index (χ0v) is 16.1. The standard InChI is InChI=1S/C21H19N3O3S/c1-15-14-28-20(27)23(15)12-13-24-18(25)21(22-19(24)26,16-8-4-2-5-9-16)17-10-6-3-7-11-17/h2-11,14H,12-13H2,1H3,(H,22,26). The third kappa shape index (κ3) is 2.84. The van der Waals surface area contributed by atoms with Gasteiger partial charge in [-0.1, -0.05) is 72.0 Å². The maximum Gasteiger partial charge on any atom is 0.325 e. The maximum atomic E-state index is 13.5. The first-order chi connectivity index (χ1) is 13.5. The van der Waals surface area contributed by atoms with Crippen molar-refractivity contribution in [3.8, 4) is 0 Å². The molecule has 1 fully saturated rings. The van der Waals surface area contributed by atoms with Crippen LogP contribution >= 0.6 is 11.3 Å². The number of rotatable bonds is 5. The van der Waals surface area contributed by atoms with Crippen molar-refractivity contribution in [1.82, 2.24) is 14.8 Å². The summed E-state index contributed by atoms with van der Waals surface area (Å²) in [6, 6.07) is 18.0. The number of aryl methyl sites for hydroxylation is 1. The van der Waals surface area contributed by atoms with E-state index in [4.69, 9.17) is 0 Å². The SMILES string of the molecule is Cc1csc(=O)n1CCN1C(=O)NC(c2ccccc2)(c2ccccc2)C1=O. The van der Waals surface area contributed by atoms with E-state index in [0.717, 1.165) is 17.0 Å². The highest BCUT2D eigenvalue weighted by Gasteiger charge is 2.53. The number of nitrogens with zero attached hydrogens (tertiary/aromatic N) is 2. The Morgan fingerprint density at radius 2 is 1.46 bits per heavy atom. The number of aromatic nitrogens is 1. The third-order valence-corrected chi connectivity index (χ3v) is 5.92. The summed E-state index contributed by atoms with van der Waals surface area (Å²) in [4.78, 5) is 39.4. The van der Waals surface area contributed by atoms with Crippen molar-refractivity contribution in [3.63, 3.8) is 0 Å². The molecule has 2 aromatic carbocycles. The lowest BCUT2D eigenvalue weighted by atomic mass is 9.82. The minimum atomic E-state index is -1.27. The van der Waals surface area contributed by atoms with Gasteiger partial charge in [0.1, 0.15) is 0 Å². The average molecular weight is 393 g/mol. The second-order valence-electron chi connectivity index (χ2n) is 6.66. The fourth-order valence-corrected chi connectivity index (χ4v) is 4.35. The summed E-state index contributed by atoms with van der Waals surface area (Å²) in [6.07, 6.45) is 0. The van der Waals surface area contributed by atoms with E-state index in [1.807, 2.05) is 67.6 Å². The van der Waals surface area contributed by atoms with Crippen molar-refractivity contribution < 1.29 is 9.59 Å². The number of carbonyl (C=O) groups is 2. The van der Waals surface area contributed by atoms with Gasteiger partial charge in [0.15, 0.2) is 5.54 Å². The van der Waals surface area contributed by atoms with Crippen LogP contribution in [0.3, 0.4) is 0 Å². The van der Waals surface area contributed by atoms with Gasteiger partial charge in [0.2, 0.25) is 0 Å². The molecule has 1 aliphatic heterocycles. The molecule has 6 nitrogen and oxygen atoms in total. The van der Waals surface area contributed by atoms with Crippen LogP contribution in [0, 0.1) is 6.92 Å². The number of nitrogens with one attached hydrogen (secondary N) is 1. The molecule has 0 unspecified atom stereocenters. The number of hydrogen-bond acceptors (Lipinski definition) is 4. The van der Waals surface area contributed by atoms with Gasteiger partial charge in [-0.25, -0.2) is 4.79 Å². The zero-order valence-electron chi connectivity index (χ0n) is 15.3. The molecule has 0 atom stereocenters. The number of benzene rings is 2. The summed E-state index contributed by atoms with van der Waals surface area (Å²) in [5, 5.41) is 4.68. The topological polar surface area (TPSA) is 71.4 Å².